The molecule has 0 spiro atoms. The first-order valence-electron chi connectivity index (χ1n) is 7.31. The van der Waals surface area contributed by atoms with Gasteiger partial charge in [-0.2, -0.15) is 0 Å². The van der Waals surface area contributed by atoms with E-state index in [2.05, 4.69) is 48.2 Å². The highest BCUT2D eigenvalue weighted by molar-refractivity contribution is 5.88. The SMILES string of the molecule is COC(=O)[C@]12[C@H]3C=C[C@H](CC3)N1[C@@H]2c1ccc(C)cc1. The number of nitrogens with zero attached hydrogens (tertiary/aromatic N) is 1. The van der Waals surface area contributed by atoms with Gasteiger partial charge in [0, 0.05) is 12.0 Å². The molecule has 4 aliphatic rings. The highest BCUT2D eigenvalue weighted by Gasteiger charge is 2.76. The number of carbonyl (C=O) groups is 1. The number of esters is 1. The first-order valence-corrected chi connectivity index (χ1v) is 7.31. The fourth-order valence-corrected chi connectivity index (χ4v) is 4.29. The van der Waals surface area contributed by atoms with Gasteiger partial charge in [0.05, 0.1) is 13.2 Å². The summed E-state index contributed by atoms with van der Waals surface area (Å²) < 4.78 is 5.15. The van der Waals surface area contributed by atoms with Gasteiger partial charge in [0.25, 0.3) is 0 Å². The van der Waals surface area contributed by atoms with Crippen LogP contribution in [0.25, 0.3) is 0 Å². The van der Waals surface area contributed by atoms with Gasteiger partial charge in [-0.3, -0.25) is 4.90 Å². The van der Waals surface area contributed by atoms with E-state index in [1.165, 1.54) is 18.2 Å². The zero-order valence-electron chi connectivity index (χ0n) is 11.9. The third-order valence-electron chi connectivity index (χ3n) is 5.22. The minimum absolute atomic E-state index is 0.0675. The molecule has 3 aliphatic heterocycles. The number of hydrogen-bond donors (Lipinski definition) is 0. The lowest BCUT2D eigenvalue weighted by atomic mass is 9.76. The number of hydrogen-bond acceptors (Lipinski definition) is 3. The molecule has 0 amide bonds. The maximum Gasteiger partial charge on any atom is 0.328 e. The van der Waals surface area contributed by atoms with Crippen molar-refractivity contribution in [1.29, 1.82) is 0 Å². The minimum atomic E-state index is -0.429. The first kappa shape index (κ1) is 12.2. The predicted molar refractivity (Wildman–Crippen MR) is 76.2 cm³/mol. The number of fused-ring (bicyclic) bond motifs is 1. The molecule has 0 saturated carbocycles. The molecule has 1 aliphatic carbocycles. The standard InChI is InChI=1S/C17H19NO2/c1-11-3-5-12(6-4-11)15-17(16(19)20-2)13-7-9-14(10-8-13)18(15)17/h3-7,9,13-15H,8,10H2,1-2H3/t13-,14+,15+,17+,18?/m0/s1. The number of piperidine rings is 1. The van der Waals surface area contributed by atoms with Crippen molar-refractivity contribution in [3.63, 3.8) is 0 Å². The smallest absolute Gasteiger partial charge is 0.328 e. The third kappa shape index (κ3) is 1.31. The van der Waals surface area contributed by atoms with Crippen molar-refractivity contribution in [2.75, 3.05) is 7.11 Å². The molecular weight excluding hydrogens is 250 g/mol. The quantitative estimate of drug-likeness (QED) is 0.469. The van der Waals surface area contributed by atoms with Crippen LogP contribution < -0.4 is 0 Å². The molecule has 2 bridgehead atoms. The Balaban J connectivity index is 1.78. The Labute approximate surface area is 119 Å². The van der Waals surface area contributed by atoms with Gasteiger partial charge >= 0.3 is 5.97 Å². The van der Waals surface area contributed by atoms with E-state index in [0.717, 1.165) is 12.8 Å². The third-order valence-corrected chi connectivity index (χ3v) is 5.22. The summed E-state index contributed by atoms with van der Waals surface area (Å²) in [5.41, 5.74) is 2.06. The molecule has 3 nitrogen and oxygen atoms in total. The lowest BCUT2D eigenvalue weighted by molar-refractivity contribution is -0.147. The van der Waals surface area contributed by atoms with E-state index in [-0.39, 0.29) is 12.0 Å². The van der Waals surface area contributed by atoms with Crippen LogP contribution >= 0.6 is 0 Å². The van der Waals surface area contributed by atoms with E-state index in [0.29, 0.717) is 12.0 Å². The lowest BCUT2D eigenvalue weighted by Crippen LogP contribution is -2.47. The summed E-state index contributed by atoms with van der Waals surface area (Å²) in [6, 6.07) is 9.14. The van der Waals surface area contributed by atoms with Crippen molar-refractivity contribution in [2.24, 2.45) is 5.92 Å². The molecule has 5 rings (SSSR count). The van der Waals surface area contributed by atoms with Crippen LogP contribution in [0, 0.1) is 12.8 Å². The van der Waals surface area contributed by atoms with E-state index in [9.17, 15) is 4.79 Å². The highest BCUT2D eigenvalue weighted by atomic mass is 16.5. The Morgan fingerprint density at radius 1 is 1.25 bits per heavy atom. The monoisotopic (exact) mass is 269 g/mol. The van der Waals surface area contributed by atoms with Crippen LogP contribution in [0.3, 0.4) is 0 Å². The fraction of sp³-hybridized carbons (Fsp3) is 0.471. The fourth-order valence-electron chi connectivity index (χ4n) is 4.29. The van der Waals surface area contributed by atoms with Gasteiger partial charge in [0.1, 0.15) is 5.54 Å². The lowest BCUT2D eigenvalue weighted by Gasteiger charge is -2.36. The van der Waals surface area contributed by atoms with Gasteiger partial charge in [0.2, 0.25) is 0 Å². The topological polar surface area (TPSA) is 29.3 Å². The van der Waals surface area contributed by atoms with Crippen molar-refractivity contribution in [2.45, 2.75) is 37.4 Å². The average molecular weight is 269 g/mol. The number of methoxy groups -OCH3 is 1. The maximum atomic E-state index is 12.5. The molecule has 3 heterocycles. The number of ether oxygens (including phenoxy) is 1. The van der Waals surface area contributed by atoms with Crippen molar-refractivity contribution in [1.82, 2.24) is 4.90 Å². The average Bonchev–Trinajstić information content (AvgIpc) is 3.22. The molecule has 2 fully saturated rings. The molecule has 1 aromatic rings. The Morgan fingerprint density at radius 3 is 2.60 bits per heavy atom. The molecular formula is C17H19NO2. The van der Waals surface area contributed by atoms with E-state index >= 15 is 0 Å². The maximum absolute atomic E-state index is 12.5. The van der Waals surface area contributed by atoms with E-state index in [1.54, 1.807) is 0 Å². The van der Waals surface area contributed by atoms with Gasteiger partial charge in [-0.1, -0.05) is 42.0 Å². The van der Waals surface area contributed by atoms with E-state index in [1.807, 2.05) is 0 Å². The van der Waals surface area contributed by atoms with Crippen molar-refractivity contribution in [3.8, 4) is 0 Å². The van der Waals surface area contributed by atoms with Crippen molar-refractivity contribution < 1.29 is 9.53 Å². The van der Waals surface area contributed by atoms with Crippen LogP contribution in [0.1, 0.15) is 30.0 Å². The van der Waals surface area contributed by atoms with Gasteiger partial charge in [-0.05, 0) is 25.3 Å². The Bertz CT molecular complexity index is 592. The minimum Gasteiger partial charge on any atom is -0.468 e. The summed E-state index contributed by atoms with van der Waals surface area (Å²) in [7, 11) is 1.51. The largest absolute Gasteiger partial charge is 0.468 e. The van der Waals surface area contributed by atoms with Gasteiger partial charge in [-0.25, -0.2) is 4.79 Å². The van der Waals surface area contributed by atoms with Gasteiger partial charge in [-0.15, -0.1) is 0 Å². The second kappa shape index (κ2) is 3.95. The molecule has 1 aromatic carbocycles. The van der Waals surface area contributed by atoms with Crippen LogP contribution in [0.2, 0.25) is 0 Å². The van der Waals surface area contributed by atoms with Crippen molar-refractivity contribution in [3.05, 3.63) is 47.5 Å². The Morgan fingerprint density at radius 2 is 2.00 bits per heavy atom. The number of benzene rings is 1. The summed E-state index contributed by atoms with van der Waals surface area (Å²) in [5.74, 6) is 0.230. The summed E-state index contributed by atoms with van der Waals surface area (Å²) in [4.78, 5) is 14.8. The first-order chi connectivity index (χ1) is 9.69. The zero-order valence-corrected chi connectivity index (χ0v) is 11.9. The molecule has 20 heavy (non-hydrogen) atoms. The van der Waals surface area contributed by atoms with Crippen molar-refractivity contribution >= 4 is 5.97 Å². The molecule has 1 unspecified atom stereocenters. The molecule has 0 radical (unpaired) electrons. The number of aryl methyl sites for hydroxylation is 1. The Kier molecular flexibility index (Phi) is 2.40. The summed E-state index contributed by atoms with van der Waals surface area (Å²) in [6.45, 7) is 2.09. The molecule has 2 saturated heterocycles. The number of carbonyl (C=O) groups excluding carboxylic acids is 1. The Hall–Kier alpha value is -1.61. The summed E-state index contributed by atoms with van der Waals surface area (Å²) >= 11 is 0. The predicted octanol–water partition coefficient (Wildman–Crippen LogP) is 2.61. The molecule has 5 atom stereocenters. The molecule has 0 N–H and O–H groups in total. The zero-order chi connectivity index (χ0) is 13.9. The van der Waals surface area contributed by atoms with E-state index < -0.39 is 5.54 Å². The normalized spacial score (nSPS) is 40.3. The highest BCUT2D eigenvalue weighted by Crippen LogP contribution is 2.65. The van der Waals surface area contributed by atoms with Gasteiger partial charge < -0.3 is 4.74 Å². The van der Waals surface area contributed by atoms with Crippen LogP contribution in [0.15, 0.2) is 36.4 Å². The van der Waals surface area contributed by atoms with Crippen LogP contribution in [-0.2, 0) is 9.53 Å². The molecule has 0 aromatic heterocycles. The van der Waals surface area contributed by atoms with Crippen LogP contribution in [0.4, 0.5) is 0 Å². The molecule has 3 heteroatoms. The van der Waals surface area contributed by atoms with Crippen LogP contribution in [0.5, 0.6) is 0 Å². The van der Waals surface area contributed by atoms with Gasteiger partial charge in [0.15, 0.2) is 0 Å². The summed E-state index contributed by atoms with van der Waals surface area (Å²) in [5, 5.41) is 0. The van der Waals surface area contributed by atoms with Crippen LogP contribution in [-0.4, -0.2) is 29.6 Å². The number of rotatable bonds is 2. The molecule has 104 valence electrons. The second-order valence-electron chi connectivity index (χ2n) is 6.17. The second-order valence-corrected chi connectivity index (χ2v) is 6.17. The summed E-state index contributed by atoms with van der Waals surface area (Å²) in [6.07, 6.45) is 6.75. The van der Waals surface area contributed by atoms with E-state index in [4.69, 9.17) is 4.74 Å².